The van der Waals surface area contributed by atoms with Crippen LogP contribution in [0, 0.1) is 11.8 Å². The Morgan fingerprint density at radius 3 is 2.59 bits per heavy atom. The quantitative estimate of drug-likeness (QED) is 0.846. The van der Waals surface area contributed by atoms with Crippen LogP contribution >= 0.6 is 24.8 Å². The molecule has 3 saturated heterocycles. The average molecular weight is 352 g/mol. The molecule has 3 fully saturated rings. The molecule has 0 bridgehead atoms. The van der Waals surface area contributed by atoms with Crippen LogP contribution in [0.3, 0.4) is 0 Å². The minimum Gasteiger partial charge on any atom is -0.340 e. The highest BCUT2D eigenvalue weighted by molar-refractivity contribution is 5.85. The number of amides is 1. The van der Waals surface area contributed by atoms with E-state index < -0.39 is 0 Å². The first-order valence-corrected chi connectivity index (χ1v) is 8.46. The molecule has 0 aromatic rings. The van der Waals surface area contributed by atoms with E-state index in [0.29, 0.717) is 17.9 Å². The van der Waals surface area contributed by atoms with Gasteiger partial charge < -0.3 is 10.2 Å². The fourth-order valence-corrected chi connectivity index (χ4v) is 4.20. The summed E-state index contributed by atoms with van der Waals surface area (Å²) in [5.41, 5.74) is 0. The molecule has 0 aromatic heterocycles. The van der Waals surface area contributed by atoms with Gasteiger partial charge in [0.1, 0.15) is 0 Å². The van der Waals surface area contributed by atoms with Crippen LogP contribution in [0.2, 0.25) is 0 Å². The van der Waals surface area contributed by atoms with Crippen LogP contribution in [-0.2, 0) is 4.79 Å². The number of halogens is 2. The second-order valence-corrected chi connectivity index (χ2v) is 6.94. The largest absolute Gasteiger partial charge is 0.340 e. The van der Waals surface area contributed by atoms with E-state index in [0.717, 1.165) is 45.1 Å². The van der Waals surface area contributed by atoms with E-state index >= 15 is 0 Å². The molecule has 0 aliphatic carbocycles. The lowest BCUT2D eigenvalue weighted by atomic mass is 9.84. The first kappa shape index (κ1) is 20.0. The van der Waals surface area contributed by atoms with Crippen LogP contribution in [0.5, 0.6) is 0 Å². The summed E-state index contributed by atoms with van der Waals surface area (Å²) in [6.45, 7) is 8.82. The van der Waals surface area contributed by atoms with Crippen molar-refractivity contribution in [3.8, 4) is 0 Å². The molecule has 0 radical (unpaired) electrons. The summed E-state index contributed by atoms with van der Waals surface area (Å²) in [6.07, 6.45) is 5.85. The third-order valence-electron chi connectivity index (χ3n) is 5.63. The fraction of sp³-hybridized carbons (Fsp3) is 0.938. The van der Waals surface area contributed by atoms with Gasteiger partial charge >= 0.3 is 0 Å². The molecule has 4 nitrogen and oxygen atoms in total. The van der Waals surface area contributed by atoms with Crippen molar-refractivity contribution in [3.05, 3.63) is 0 Å². The van der Waals surface area contributed by atoms with Gasteiger partial charge in [0.05, 0.1) is 0 Å². The van der Waals surface area contributed by atoms with Gasteiger partial charge in [-0.3, -0.25) is 9.69 Å². The summed E-state index contributed by atoms with van der Waals surface area (Å²) < 4.78 is 0. The smallest absolute Gasteiger partial charge is 0.222 e. The van der Waals surface area contributed by atoms with Crippen molar-refractivity contribution >= 4 is 30.7 Å². The highest BCUT2D eigenvalue weighted by Crippen LogP contribution is 2.26. The van der Waals surface area contributed by atoms with Crippen molar-refractivity contribution in [3.63, 3.8) is 0 Å². The highest BCUT2D eigenvalue weighted by Gasteiger charge is 2.33. The van der Waals surface area contributed by atoms with Crippen molar-refractivity contribution in [1.82, 2.24) is 15.1 Å². The first-order valence-electron chi connectivity index (χ1n) is 8.46. The number of nitrogens with one attached hydrogen (secondary N) is 1. The molecular formula is C16H31Cl2N3O. The van der Waals surface area contributed by atoms with E-state index in [9.17, 15) is 4.79 Å². The van der Waals surface area contributed by atoms with E-state index in [2.05, 4.69) is 22.0 Å². The van der Waals surface area contributed by atoms with Gasteiger partial charge in [-0.1, -0.05) is 6.92 Å². The van der Waals surface area contributed by atoms with E-state index in [1.54, 1.807) is 0 Å². The predicted molar refractivity (Wildman–Crippen MR) is 95.0 cm³/mol. The number of piperidine rings is 1. The number of hydrogen-bond acceptors (Lipinski definition) is 3. The molecule has 3 heterocycles. The molecule has 130 valence electrons. The zero-order valence-corrected chi connectivity index (χ0v) is 15.3. The Balaban J connectivity index is 0.00000121. The molecule has 3 rings (SSSR count). The third kappa shape index (κ3) is 4.73. The Bertz CT molecular complexity index is 350. The second kappa shape index (κ2) is 9.31. The van der Waals surface area contributed by atoms with Gasteiger partial charge in [-0.2, -0.15) is 0 Å². The topological polar surface area (TPSA) is 35.6 Å². The van der Waals surface area contributed by atoms with Gasteiger partial charge in [0.2, 0.25) is 5.91 Å². The monoisotopic (exact) mass is 351 g/mol. The van der Waals surface area contributed by atoms with Gasteiger partial charge in [-0.05, 0) is 57.2 Å². The Hall–Kier alpha value is -0.0300. The van der Waals surface area contributed by atoms with Crippen LogP contribution in [-0.4, -0.2) is 61.0 Å². The molecule has 3 aliphatic rings. The Labute approximate surface area is 147 Å². The standard InChI is InChI=1S/C16H29N3O.2ClH/c1-13(14-4-6-17-7-5-14)11-16(20)19-10-9-18-8-2-3-15(18)12-19;;/h13-15,17H,2-12H2,1H3;2*1H. The van der Waals surface area contributed by atoms with Crippen molar-refractivity contribution < 1.29 is 4.79 Å². The maximum absolute atomic E-state index is 12.5. The lowest BCUT2D eigenvalue weighted by Crippen LogP contribution is -2.52. The molecule has 1 amide bonds. The van der Waals surface area contributed by atoms with Crippen LogP contribution in [0.15, 0.2) is 0 Å². The normalized spacial score (nSPS) is 27.5. The van der Waals surface area contributed by atoms with Crippen molar-refractivity contribution in [2.24, 2.45) is 11.8 Å². The predicted octanol–water partition coefficient (Wildman–Crippen LogP) is 2.16. The number of piperazine rings is 1. The van der Waals surface area contributed by atoms with E-state index in [1.807, 2.05) is 0 Å². The summed E-state index contributed by atoms with van der Waals surface area (Å²) in [4.78, 5) is 17.2. The summed E-state index contributed by atoms with van der Waals surface area (Å²) >= 11 is 0. The third-order valence-corrected chi connectivity index (χ3v) is 5.63. The van der Waals surface area contributed by atoms with Crippen LogP contribution < -0.4 is 5.32 Å². The van der Waals surface area contributed by atoms with Gasteiger partial charge in [-0.25, -0.2) is 0 Å². The first-order chi connectivity index (χ1) is 9.74. The van der Waals surface area contributed by atoms with Gasteiger partial charge in [-0.15, -0.1) is 24.8 Å². The van der Waals surface area contributed by atoms with E-state index in [-0.39, 0.29) is 24.8 Å². The van der Waals surface area contributed by atoms with E-state index in [1.165, 1.54) is 32.2 Å². The number of rotatable bonds is 3. The minimum absolute atomic E-state index is 0. The zero-order valence-electron chi connectivity index (χ0n) is 13.6. The number of carbonyl (C=O) groups is 1. The van der Waals surface area contributed by atoms with Crippen molar-refractivity contribution in [2.45, 2.75) is 45.1 Å². The zero-order chi connectivity index (χ0) is 13.9. The van der Waals surface area contributed by atoms with Crippen LogP contribution in [0.25, 0.3) is 0 Å². The molecule has 2 unspecified atom stereocenters. The number of fused-ring (bicyclic) bond motifs is 1. The lowest BCUT2D eigenvalue weighted by molar-refractivity contribution is -0.135. The van der Waals surface area contributed by atoms with Crippen molar-refractivity contribution in [2.75, 3.05) is 39.3 Å². The molecule has 0 spiro atoms. The molecule has 3 aliphatic heterocycles. The number of carbonyl (C=O) groups excluding carboxylic acids is 1. The summed E-state index contributed by atoms with van der Waals surface area (Å²) in [7, 11) is 0. The highest BCUT2D eigenvalue weighted by atomic mass is 35.5. The molecular weight excluding hydrogens is 321 g/mol. The van der Waals surface area contributed by atoms with Crippen LogP contribution in [0.1, 0.15) is 39.0 Å². The maximum Gasteiger partial charge on any atom is 0.222 e. The molecule has 22 heavy (non-hydrogen) atoms. The summed E-state index contributed by atoms with van der Waals surface area (Å²) in [5, 5.41) is 3.41. The van der Waals surface area contributed by atoms with Gasteiger partial charge in [0.25, 0.3) is 0 Å². The SMILES string of the molecule is CC(CC(=O)N1CCN2CCCC2C1)C1CCNCC1.Cl.Cl. The fourth-order valence-electron chi connectivity index (χ4n) is 4.20. The summed E-state index contributed by atoms with van der Waals surface area (Å²) in [5.74, 6) is 1.70. The Kier molecular flexibility index (Phi) is 8.47. The number of nitrogens with zero attached hydrogens (tertiary/aromatic N) is 2. The molecule has 0 saturated carbocycles. The molecule has 6 heteroatoms. The second-order valence-electron chi connectivity index (χ2n) is 6.94. The average Bonchev–Trinajstić information content (AvgIpc) is 2.95. The maximum atomic E-state index is 12.5. The minimum atomic E-state index is 0. The summed E-state index contributed by atoms with van der Waals surface area (Å²) in [6, 6.07) is 0.655. The van der Waals surface area contributed by atoms with E-state index in [4.69, 9.17) is 0 Å². The van der Waals surface area contributed by atoms with Gasteiger partial charge in [0, 0.05) is 32.1 Å². The van der Waals surface area contributed by atoms with Crippen molar-refractivity contribution in [1.29, 1.82) is 0 Å². The molecule has 1 N–H and O–H groups in total. The molecule has 0 aromatic carbocycles. The molecule has 2 atom stereocenters. The number of hydrogen-bond donors (Lipinski definition) is 1. The Morgan fingerprint density at radius 1 is 1.14 bits per heavy atom. The lowest BCUT2D eigenvalue weighted by Gasteiger charge is -2.38. The Morgan fingerprint density at radius 2 is 1.86 bits per heavy atom. The van der Waals surface area contributed by atoms with Gasteiger partial charge in [0.15, 0.2) is 0 Å². The van der Waals surface area contributed by atoms with Crippen LogP contribution in [0.4, 0.5) is 0 Å².